The molecule has 0 amide bonds. The van der Waals surface area contributed by atoms with Crippen LogP contribution in [0.1, 0.15) is 21.6 Å². The molecule has 0 bridgehead atoms. The number of halogens is 1. The SMILES string of the molecule is Cc1nn(-c2ccccc2)c(N=Cc2ccc(OC(=O)c3ccccc3)cc2)c1-c1cccc(Br)c1. The minimum Gasteiger partial charge on any atom is -0.423 e. The lowest BCUT2D eigenvalue weighted by molar-refractivity contribution is 0.0735. The average Bonchev–Trinajstić information content (AvgIpc) is 3.25. The molecular formula is C30H22BrN3O2. The van der Waals surface area contributed by atoms with Gasteiger partial charge in [0.2, 0.25) is 0 Å². The van der Waals surface area contributed by atoms with E-state index < -0.39 is 5.97 Å². The summed E-state index contributed by atoms with van der Waals surface area (Å²) in [5.41, 5.74) is 5.18. The second kappa shape index (κ2) is 10.5. The molecular weight excluding hydrogens is 514 g/mol. The normalized spacial score (nSPS) is 11.1. The molecule has 0 saturated carbocycles. The predicted octanol–water partition coefficient (Wildman–Crippen LogP) is 7.58. The first-order chi connectivity index (χ1) is 17.6. The monoisotopic (exact) mass is 535 g/mol. The number of benzene rings is 4. The first kappa shape index (κ1) is 23.5. The molecule has 0 aliphatic rings. The topological polar surface area (TPSA) is 56.5 Å². The van der Waals surface area contributed by atoms with Gasteiger partial charge < -0.3 is 4.74 Å². The van der Waals surface area contributed by atoms with Crippen molar-refractivity contribution in [2.24, 2.45) is 4.99 Å². The van der Waals surface area contributed by atoms with Crippen LogP contribution in [0.4, 0.5) is 5.82 Å². The molecule has 5 nitrogen and oxygen atoms in total. The van der Waals surface area contributed by atoms with E-state index in [2.05, 4.69) is 28.1 Å². The molecule has 4 aromatic carbocycles. The Morgan fingerprint density at radius 1 is 0.889 bits per heavy atom. The van der Waals surface area contributed by atoms with E-state index in [1.54, 1.807) is 42.6 Å². The van der Waals surface area contributed by atoms with Crippen LogP contribution in [0, 0.1) is 6.92 Å². The molecule has 1 aromatic heterocycles. The van der Waals surface area contributed by atoms with E-state index in [9.17, 15) is 4.79 Å². The Labute approximate surface area is 217 Å². The van der Waals surface area contributed by atoms with E-state index in [1.807, 2.05) is 72.3 Å². The summed E-state index contributed by atoms with van der Waals surface area (Å²) < 4.78 is 8.33. The summed E-state index contributed by atoms with van der Waals surface area (Å²) in [5, 5.41) is 4.80. The van der Waals surface area contributed by atoms with E-state index in [0.29, 0.717) is 11.3 Å². The van der Waals surface area contributed by atoms with E-state index in [4.69, 9.17) is 14.8 Å². The number of ether oxygens (including phenoxy) is 1. The van der Waals surface area contributed by atoms with Crippen LogP contribution in [-0.4, -0.2) is 22.0 Å². The van der Waals surface area contributed by atoms with Crippen LogP contribution in [0.25, 0.3) is 16.8 Å². The number of esters is 1. The highest BCUT2D eigenvalue weighted by Crippen LogP contribution is 2.36. The van der Waals surface area contributed by atoms with Gasteiger partial charge in [0.1, 0.15) is 5.75 Å². The first-order valence-corrected chi connectivity index (χ1v) is 12.2. The predicted molar refractivity (Wildman–Crippen MR) is 147 cm³/mol. The fourth-order valence-electron chi connectivity index (χ4n) is 3.86. The lowest BCUT2D eigenvalue weighted by Gasteiger charge is -2.07. The average molecular weight is 536 g/mol. The summed E-state index contributed by atoms with van der Waals surface area (Å²) in [6, 6.07) is 34.2. The summed E-state index contributed by atoms with van der Waals surface area (Å²) in [7, 11) is 0. The van der Waals surface area contributed by atoms with Gasteiger partial charge in [-0.3, -0.25) is 0 Å². The largest absolute Gasteiger partial charge is 0.423 e. The molecule has 0 atom stereocenters. The molecule has 0 N–H and O–H groups in total. The van der Waals surface area contributed by atoms with Crippen LogP contribution in [0.5, 0.6) is 5.75 Å². The van der Waals surface area contributed by atoms with Gasteiger partial charge in [0.15, 0.2) is 5.82 Å². The van der Waals surface area contributed by atoms with Gasteiger partial charge in [0.05, 0.1) is 16.9 Å². The maximum atomic E-state index is 12.3. The van der Waals surface area contributed by atoms with Gasteiger partial charge >= 0.3 is 5.97 Å². The van der Waals surface area contributed by atoms with Gasteiger partial charge in [-0.1, -0.05) is 64.5 Å². The second-order valence-electron chi connectivity index (χ2n) is 8.12. The Hall–Kier alpha value is -4.29. The smallest absolute Gasteiger partial charge is 0.343 e. The van der Waals surface area contributed by atoms with Crippen molar-refractivity contribution in [2.75, 3.05) is 0 Å². The van der Waals surface area contributed by atoms with E-state index in [1.165, 1.54) is 0 Å². The molecule has 36 heavy (non-hydrogen) atoms. The highest BCUT2D eigenvalue weighted by molar-refractivity contribution is 9.10. The van der Waals surface area contributed by atoms with Gasteiger partial charge in [0.25, 0.3) is 0 Å². The molecule has 5 rings (SSSR count). The van der Waals surface area contributed by atoms with Crippen molar-refractivity contribution in [3.05, 3.63) is 130 Å². The van der Waals surface area contributed by atoms with Crippen molar-refractivity contribution >= 4 is 33.9 Å². The van der Waals surface area contributed by atoms with E-state index in [0.717, 1.165) is 38.4 Å². The number of aliphatic imine (C=N–C) groups is 1. The number of rotatable bonds is 6. The summed E-state index contributed by atoms with van der Waals surface area (Å²) in [4.78, 5) is 17.2. The maximum absolute atomic E-state index is 12.3. The fraction of sp³-hybridized carbons (Fsp3) is 0.0333. The number of nitrogens with zero attached hydrogens (tertiary/aromatic N) is 3. The van der Waals surface area contributed by atoms with Gasteiger partial charge in [-0.05, 0) is 78.7 Å². The third-order valence-corrected chi connectivity index (χ3v) is 6.08. The van der Waals surface area contributed by atoms with Crippen LogP contribution in [0.3, 0.4) is 0 Å². The molecule has 0 unspecified atom stereocenters. The van der Waals surface area contributed by atoms with Crippen LogP contribution in [0.15, 0.2) is 119 Å². The summed E-state index contributed by atoms with van der Waals surface area (Å²) in [5.74, 6) is 0.815. The number of aryl methyl sites for hydroxylation is 1. The third kappa shape index (κ3) is 5.19. The fourth-order valence-corrected chi connectivity index (χ4v) is 4.26. The van der Waals surface area contributed by atoms with Gasteiger partial charge in [-0.15, -0.1) is 0 Å². The Morgan fingerprint density at radius 3 is 2.28 bits per heavy atom. The van der Waals surface area contributed by atoms with Crippen LogP contribution >= 0.6 is 15.9 Å². The van der Waals surface area contributed by atoms with Crippen molar-refractivity contribution < 1.29 is 9.53 Å². The Balaban J connectivity index is 1.46. The van der Waals surface area contributed by atoms with Gasteiger partial charge in [-0.25, -0.2) is 14.5 Å². The quantitative estimate of drug-likeness (QED) is 0.128. The molecule has 6 heteroatoms. The summed E-state index contributed by atoms with van der Waals surface area (Å²) in [6.07, 6.45) is 1.79. The lowest BCUT2D eigenvalue weighted by atomic mass is 10.1. The van der Waals surface area contributed by atoms with Crippen molar-refractivity contribution in [1.82, 2.24) is 9.78 Å². The Morgan fingerprint density at radius 2 is 1.58 bits per heavy atom. The number of aromatic nitrogens is 2. The molecule has 1 heterocycles. The zero-order valence-corrected chi connectivity index (χ0v) is 21.1. The lowest BCUT2D eigenvalue weighted by Crippen LogP contribution is -2.07. The van der Waals surface area contributed by atoms with Crippen molar-refractivity contribution in [2.45, 2.75) is 6.92 Å². The van der Waals surface area contributed by atoms with Crippen LogP contribution in [-0.2, 0) is 0 Å². The highest BCUT2D eigenvalue weighted by atomic mass is 79.9. The number of carbonyl (C=O) groups excluding carboxylic acids is 1. The highest BCUT2D eigenvalue weighted by Gasteiger charge is 2.18. The third-order valence-electron chi connectivity index (χ3n) is 5.59. The molecule has 0 radical (unpaired) electrons. The van der Waals surface area contributed by atoms with Crippen LogP contribution in [0.2, 0.25) is 0 Å². The molecule has 5 aromatic rings. The number of carbonyl (C=O) groups is 1. The summed E-state index contributed by atoms with van der Waals surface area (Å²) >= 11 is 3.57. The Bertz CT molecular complexity index is 1530. The molecule has 176 valence electrons. The zero-order valence-electron chi connectivity index (χ0n) is 19.5. The van der Waals surface area contributed by atoms with E-state index in [-0.39, 0.29) is 0 Å². The van der Waals surface area contributed by atoms with Crippen molar-refractivity contribution in [3.8, 4) is 22.6 Å². The standard InChI is InChI=1S/C30H22BrN3O2/c1-21-28(24-11-8-12-25(31)19-24)29(34(33-21)26-13-6-3-7-14-26)32-20-22-15-17-27(18-16-22)36-30(35)23-9-4-2-5-10-23/h2-20H,1H3. The van der Waals surface area contributed by atoms with Gasteiger partial charge in [0, 0.05) is 16.3 Å². The first-order valence-electron chi connectivity index (χ1n) is 11.4. The number of hydrogen-bond acceptors (Lipinski definition) is 4. The summed E-state index contributed by atoms with van der Waals surface area (Å²) in [6.45, 7) is 1.99. The molecule has 0 aliphatic carbocycles. The number of para-hydroxylation sites is 1. The minimum atomic E-state index is -0.391. The van der Waals surface area contributed by atoms with Crippen molar-refractivity contribution in [1.29, 1.82) is 0 Å². The van der Waals surface area contributed by atoms with Gasteiger partial charge in [-0.2, -0.15) is 5.10 Å². The van der Waals surface area contributed by atoms with Crippen LogP contribution < -0.4 is 4.74 Å². The minimum absolute atomic E-state index is 0.391. The molecule has 0 fully saturated rings. The van der Waals surface area contributed by atoms with E-state index >= 15 is 0 Å². The van der Waals surface area contributed by atoms with Crippen molar-refractivity contribution in [3.63, 3.8) is 0 Å². The maximum Gasteiger partial charge on any atom is 0.343 e. The molecule has 0 saturated heterocycles. The second-order valence-corrected chi connectivity index (χ2v) is 9.04. The zero-order chi connectivity index (χ0) is 24.9. The Kier molecular flexibility index (Phi) is 6.87. The molecule has 0 aliphatic heterocycles. The number of hydrogen-bond donors (Lipinski definition) is 0. The molecule has 0 spiro atoms.